The molecule has 6 rings (SSSR count). The van der Waals surface area contributed by atoms with Crippen molar-refractivity contribution >= 4 is 17.4 Å². The molecule has 0 amide bonds. The molecular weight excluding hydrogens is 475 g/mol. The normalized spacial score (nSPS) is 18.6. The monoisotopic (exact) mass is 512 g/mol. The average molecular weight is 513 g/mol. The van der Waals surface area contributed by atoms with Crippen LogP contribution in [0.1, 0.15) is 66.5 Å². The number of likely N-dealkylation sites (tertiary alicyclic amines) is 1. The van der Waals surface area contributed by atoms with Crippen molar-refractivity contribution in [2.75, 3.05) is 26.3 Å². The van der Waals surface area contributed by atoms with Gasteiger partial charge in [-0.05, 0) is 107 Å². The Bertz CT molecular complexity index is 1350. The Hall–Kier alpha value is -3.44. The lowest BCUT2D eigenvalue weighted by atomic mass is 9.87. The van der Waals surface area contributed by atoms with Crippen LogP contribution in [0, 0.1) is 0 Å². The number of ether oxygens (including phenoxy) is 1. The highest BCUT2D eigenvalue weighted by Crippen LogP contribution is 2.41. The second-order valence-electron chi connectivity index (χ2n) is 10.3. The largest absolute Gasteiger partial charge is 0.508 e. The van der Waals surface area contributed by atoms with E-state index in [0.29, 0.717) is 12.2 Å². The van der Waals surface area contributed by atoms with Gasteiger partial charge in [0.25, 0.3) is 0 Å². The quantitative estimate of drug-likeness (QED) is 0.368. The van der Waals surface area contributed by atoms with Crippen LogP contribution in [-0.2, 0) is 13.0 Å². The molecule has 0 bridgehead atoms. The van der Waals surface area contributed by atoms with E-state index >= 15 is 0 Å². The second-order valence-corrected chi connectivity index (χ2v) is 10.3. The van der Waals surface area contributed by atoms with Crippen molar-refractivity contribution < 1.29 is 14.2 Å². The van der Waals surface area contributed by atoms with Gasteiger partial charge < -0.3 is 9.84 Å². The minimum absolute atomic E-state index is 0. The molecule has 3 aliphatic rings. The van der Waals surface area contributed by atoms with Crippen LogP contribution in [0.15, 0.2) is 65.7 Å². The molecule has 2 heterocycles. The Morgan fingerprint density at radius 2 is 1.82 bits per heavy atom. The van der Waals surface area contributed by atoms with Crippen LogP contribution in [0.5, 0.6) is 11.5 Å². The minimum atomic E-state index is -0.261. The number of allylic oxidation sites excluding steroid dienone is 1. The summed E-state index contributed by atoms with van der Waals surface area (Å²) in [5, 5.41) is 10.2. The Balaban J connectivity index is 0.00000294. The molecule has 38 heavy (non-hydrogen) atoms. The van der Waals surface area contributed by atoms with Crippen molar-refractivity contribution in [2.45, 2.75) is 52.2 Å². The molecule has 1 aliphatic carbocycles. The van der Waals surface area contributed by atoms with E-state index in [1.165, 1.54) is 39.0 Å². The topological polar surface area (TPSA) is 45.1 Å². The first-order valence-electron chi connectivity index (χ1n) is 13.4. The summed E-state index contributed by atoms with van der Waals surface area (Å²) in [6.45, 7) is 3.13. The first-order valence-corrected chi connectivity index (χ1v) is 13.4. The number of phenols is 1. The zero-order valence-electron chi connectivity index (χ0n) is 21.1. The SMILES string of the molecule is C.Oc1ccc2c(c1)CCCC(c1ccc3c(c1)C=NC3)=C2c1ccc(O[C@H]2CCN(CCCF)C2)cc1. The molecule has 0 saturated carbocycles. The van der Waals surface area contributed by atoms with Gasteiger partial charge in [0.15, 0.2) is 0 Å². The number of aromatic hydroxyl groups is 1. The molecule has 0 unspecified atom stereocenters. The van der Waals surface area contributed by atoms with E-state index in [1.54, 1.807) is 6.07 Å². The average Bonchev–Trinajstić information content (AvgIpc) is 3.53. The number of alkyl halides is 1. The minimum Gasteiger partial charge on any atom is -0.508 e. The zero-order valence-corrected chi connectivity index (χ0v) is 21.1. The predicted molar refractivity (Wildman–Crippen MR) is 154 cm³/mol. The van der Waals surface area contributed by atoms with Gasteiger partial charge in [-0.3, -0.25) is 14.3 Å². The van der Waals surface area contributed by atoms with Crippen molar-refractivity contribution in [1.82, 2.24) is 4.90 Å². The highest BCUT2D eigenvalue weighted by molar-refractivity contribution is 6.01. The smallest absolute Gasteiger partial charge is 0.119 e. The van der Waals surface area contributed by atoms with Gasteiger partial charge in [0.1, 0.15) is 17.6 Å². The number of benzene rings is 3. The van der Waals surface area contributed by atoms with Crippen LogP contribution in [0.4, 0.5) is 4.39 Å². The van der Waals surface area contributed by atoms with Crippen LogP contribution in [0.2, 0.25) is 0 Å². The molecule has 5 heteroatoms. The predicted octanol–water partition coefficient (Wildman–Crippen LogP) is 7.07. The lowest BCUT2D eigenvalue weighted by Crippen LogP contribution is -2.26. The maximum Gasteiger partial charge on any atom is 0.119 e. The summed E-state index contributed by atoms with van der Waals surface area (Å²) in [6.07, 6.45) is 6.63. The summed E-state index contributed by atoms with van der Waals surface area (Å²) in [4.78, 5) is 6.73. The number of rotatable bonds is 7. The molecule has 3 aromatic carbocycles. The summed E-state index contributed by atoms with van der Waals surface area (Å²) < 4.78 is 18.8. The third kappa shape index (κ3) is 5.39. The third-order valence-corrected chi connectivity index (χ3v) is 7.80. The number of aryl methyl sites for hydroxylation is 1. The number of nitrogens with zero attached hydrogens (tertiary/aromatic N) is 2. The van der Waals surface area contributed by atoms with Crippen LogP contribution >= 0.6 is 0 Å². The molecule has 0 aromatic heterocycles. The summed E-state index contributed by atoms with van der Waals surface area (Å²) in [5.41, 5.74) is 9.82. The molecule has 0 radical (unpaired) electrons. The Labute approximate surface area is 225 Å². The number of fused-ring (bicyclic) bond motifs is 2. The number of halogens is 1. The summed E-state index contributed by atoms with van der Waals surface area (Å²) in [6, 6.07) is 21.0. The number of aliphatic imine (C=N–C) groups is 1. The first-order chi connectivity index (χ1) is 18.2. The van der Waals surface area contributed by atoms with Crippen molar-refractivity contribution in [1.29, 1.82) is 0 Å². The number of phenolic OH excluding ortho intramolecular Hbond substituents is 1. The standard InChI is InChI=1S/C32H33FN2O2.CH4/c33-14-2-15-35-16-13-29(21-35)37-28-10-7-22(8-11-28)32-30(24-5-6-25-19-34-20-26(25)17-24)4-1-3-23-18-27(36)9-12-31(23)32;/h5-12,17-18,20,29,36H,1-4,13-16,19,21H2;1H4/t29-;/m0./s1. The van der Waals surface area contributed by atoms with Crippen molar-refractivity contribution in [3.05, 3.63) is 94.0 Å². The molecule has 4 nitrogen and oxygen atoms in total. The second kappa shape index (κ2) is 11.5. The van der Waals surface area contributed by atoms with Crippen molar-refractivity contribution in [3.8, 4) is 11.5 Å². The third-order valence-electron chi connectivity index (χ3n) is 7.80. The Morgan fingerprint density at radius 1 is 0.974 bits per heavy atom. The fourth-order valence-corrected chi connectivity index (χ4v) is 5.95. The van der Waals surface area contributed by atoms with Gasteiger partial charge in [-0.1, -0.05) is 37.8 Å². The molecule has 1 N–H and O–H groups in total. The van der Waals surface area contributed by atoms with E-state index in [4.69, 9.17) is 4.74 Å². The highest BCUT2D eigenvalue weighted by atomic mass is 19.1. The first kappa shape index (κ1) is 26.2. The lowest BCUT2D eigenvalue weighted by molar-refractivity contribution is 0.198. The maximum absolute atomic E-state index is 12.5. The van der Waals surface area contributed by atoms with Crippen molar-refractivity contribution in [2.24, 2.45) is 4.99 Å². The summed E-state index contributed by atoms with van der Waals surface area (Å²) >= 11 is 0. The Kier molecular flexibility index (Phi) is 7.94. The van der Waals surface area contributed by atoms with E-state index < -0.39 is 0 Å². The van der Waals surface area contributed by atoms with Crippen LogP contribution in [-0.4, -0.2) is 48.6 Å². The van der Waals surface area contributed by atoms with Crippen LogP contribution < -0.4 is 4.74 Å². The van der Waals surface area contributed by atoms with Crippen LogP contribution in [0.3, 0.4) is 0 Å². The number of hydrogen-bond acceptors (Lipinski definition) is 4. The molecule has 0 spiro atoms. The van der Waals surface area contributed by atoms with E-state index in [0.717, 1.165) is 63.2 Å². The fourth-order valence-electron chi connectivity index (χ4n) is 5.95. The molecule has 3 aromatic rings. The van der Waals surface area contributed by atoms with Gasteiger partial charge in [0.2, 0.25) is 0 Å². The maximum atomic E-state index is 12.5. The van der Waals surface area contributed by atoms with E-state index in [-0.39, 0.29) is 20.2 Å². The number of hydrogen-bond donors (Lipinski definition) is 1. The lowest BCUT2D eigenvalue weighted by Gasteiger charge is -2.19. The summed E-state index contributed by atoms with van der Waals surface area (Å²) in [7, 11) is 0. The van der Waals surface area contributed by atoms with Gasteiger partial charge in [-0.15, -0.1) is 0 Å². The van der Waals surface area contributed by atoms with E-state index in [1.807, 2.05) is 12.3 Å². The molecule has 198 valence electrons. The Morgan fingerprint density at radius 3 is 2.66 bits per heavy atom. The molecular formula is C33H37FN2O2. The fraction of sp³-hybridized carbons (Fsp3) is 0.364. The van der Waals surface area contributed by atoms with Gasteiger partial charge >= 0.3 is 0 Å². The van der Waals surface area contributed by atoms with Gasteiger partial charge in [0, 0.05) is 25.8 Å². The van der Waals surface area contributed by atoms with E-state index in [2.05, 4.69) is 58.4 Å². The molecule has 1 atom stereocenters. The van der Waals surface area contributed by atoms with Gasteiger partial charge in [-0.25, -0.2) is 0 Å². The van der Waals surface area contributed by atoms with E-state index in [9.17, 15) is 9.50 Å². The van der Waals surface area contributed by atoms with Gasteiger partial charge in [-0.2, -0.15) is 0 Å². The summed E-state index contributed by atoms with van der Waals surface area (Å²) in [5.74, 6) is 1.19. The van der Waals surface area contributed by atoms with Gasteiger partial charge in [0.05, 0.1) is 13.2 Å². The molecule has 1 fully saturated rings. The van der Waals surface area contributed by atoms with Crippen LogP contribution in [0.25, 0.3) is 11.1 Å². The highest BCUT2D eigenvalue weighted by Gasteiger charge is 2.24. The van der Waals surface area contributed by atoms with Crippen molar-refractivity contribution in [3.63, 3.8) is 0 Å². The zero-order chi connectivity index (χ0) is 25.2. The molecule has 1 saturated heterocycles. The molecule has 2 aliphatic heterocycles.